The SMILES string of the molecule is Cc1cc(I)ccc1NC(=O)[C@@H]1CC[C@H](CN)O1.Cl. The molecule has 0 unspecified atom stereocenters. The molecule has 1 fully saturated rings. The summed E-state index contributed by atoms with van der Waals surface area (Å²) in [6.07, 6.45) is 1.27. The highest BCUT2D eigenvalue weighted by Gasteiger charge is 2.29. The zero-order chi connectivity index (χ0) is 13.1. The minimum absolute atomic E-state index is 0. The molecule has 0 bridgehead atoms. The van der Waals surface area contributed by atoms with Gasteiger partial charge in [0.1, 0.15) is 6.10 Å². The third kappa shape index (κ3) is 4.30. The van der Waals surface area contributed by atoms with Crippen LogP contribution in [0, 0.1) is 10.5 Å². The minimum atomic E-state index is -0.364. The fourth-order valence-electron chi connectivity index (χ4n) is 2.05. The normalized spacial score (nSPS) is 21.8. The van der Waals surface area contributed by atoms with E-state index >= 15 is 0 Å². The first-order valence-electron chi connectivity index (χ1n) is 6.02. The Morgan fingerprint density at radius 2 is 2.26 bits per heavy atom. The predicted molar refractivity (Wildman–Crippen MR) is 86.7 cm³/mol. The Bertz CT molecular complexity index is 456. The fraction of sp³-hybridized carbons (Fsp3) is 0.462. The highest BCUT2D eigenvalue weighted by molar-refractivity contribution is 14.1. The average molecular weight is 397 g/mol. The average Bonchev–Trinajstić information content (AvgIpc) is 2.81. The largest absolute Gasteiger partial charge is 0.364 e. The van der Waals surface area contributed by atoms with Gasteiger partial charge in [-0.2, -0.15) is 0 Å². The van der Waals surface area contributed by atoms with Crippen LogP contribution in [-0.4, -0.2) is 24.7 Å². The lowest BCUT2D eigenvalue weighted by Crippen LogP contribution is -2.30. The quantitative estimate of drug-likeness (QED) is 0.772. The molecule has 1 aromatic rings. The molecule has 19 heavy (non-hydrogen) atoms. The van der Waals surface area contributed by atoms with Crippen LogP contribution >= 0.6 is 35.0 Å². The van der Waals surface area contributed by atoms with Crippen molar-refractivity contribution >= 4 is 46.6 Å². The van der Waals surface area contributed by atoms with Crippen LogP contribution in [0.25, 0.3) is 0 Å². The van der Waals surface area contributed by atoms with Gasteiger partial charge in [0.15, 0.2) is 0 Å². The standard InChI is InChI=1S/C13H17IN2O2.ClH/c1-8-6-9(14)2-4-11(8)16-13(17)12-5-3-10(7-15)18-12;/h2,4,6,10,12H,3,5,7,15H2,1H3,(H,16,17);1H/t10-,12+;/m1./s1. The van der Waals surface area contributed by atoms with Crippen LogP contribution in [0.15, 0.2) is 18.2 Å². The lowest BCUT2D eigenvalue weighted by atomic mass is 10.1. The number of anilines is 1. The van der Waals surface area contributed by atoms with Gasteiger partial charge in [-0.1, -0.05) is 0 Å². The van der Waals surface area contributed by atoms with Gasteiger partial charge in [0.2, 0.25) is 0 Å². The second kappa shape index (κ2) is 7.42. The van der Waals surface area contributed by atoms with Gasteiger partial charge < -0.3 is 15.8 Å². The maximum absolute atomic E-state index is 12.0. The molecule has 0 aromatic heterocycles. The van der Waals surface area contributed by atoms with E-state index in [-0.39, 0.29) is 30.5 Å². The molecule has 1 aliphatic heterocycles. The van der Waals surface area contributed by atoms with Crippen molar-refractivity contribution in [1.82, 2.24) is 0 Å². The van der Waals surface area contributed by atoms with Gasteiger partial charge in [0.25, 0.3) is 5.91 Å². The van der Waals surface area contributed by atoms with Crippen molar-refractivity contribution in [2.45, 2.75) is 32.0 Å². The maximum Gasteiger partial charge on any atom is 0.253 e. The summed E-state index contributed by atoms with van der Waals surface area (Å²) in [5, 5.41) is 2.92. The number of benzene rings is 1. The molecule has 0 radical (unpaired) electrons. The second-order valence-electron chi connectivity index (χ2n) is 4.51. The van der Waals surface area contributed by atoms with Crippen molar-refractivity contribution in [3.05, 3.63) is 27.3 Å². The molecule has 1 heterocycles. The smallest absolute Gasteiger partial charge is 0.253 e. The first kappa shape index (κ1) is 16.7. The van der Waals surface area contributed by atoms with Crippen molar-refractivity contribution < 1.29 is 9.53 Å². The Morgan fingerprint density at radius 3 is 2.84 bits per heavy atom. The number of carbonyl (C=O) groups excluding carboxylic acids is 1. The number of rotatable bonds is 3. The van der Waals surface area contributed by atoms with E-state index in [1.807, 2.05) is 25.1 Å². The highest BCUT2D eigenvalue weighted by atomic mass is 127. The number of ether oxygens (including phenoxy) is 1. The van der Waals surface area contributed by atoms with E-state index < -0.39 is 0 Å². The third-order valence-electron chi connectivity index (χ3n) is 3.11. The zero-order valence-electron chi connectivity index (χ0n) is 10.7. The van der Waals surface area contributed by atoms with Crippen LogP contribution in [-0.2, 0) is 9.53 Å². The number of nitrogens with two attached hydrogens (primary N) is 1. The summed E-state index contributed by atoms with van der Waals surface area (Å²) >= 11 is 2.25. The molecule has 106 valence electrons. The number of nitrogens with one attached hydrogen (secondary N) is 1. The molecule has 1 aromatic carbocycles. The summed E-state index contributed by atoms with van der Waals surface area (Å²) in [5.41, 5.74) is 7.44. The Balaban J connectivity index is 0.00000180. The van der Waals surface area contributed by atoms with E-state index in [1.54, 1.807) is 0 Å². The van der Waals surface area contributed by atoms with Crippen LogP contribution < -0.4 is 11.1 Å². The molecule has 6 heteroatoms. The van der Waals surface area contributed by atoms with Gasteiger partial charge in [-0.3, -0.25) is 4.79 Å². The fourth-order valence-corrected chi connectivity index (χ4v) is 2.70. The molecule has 2 rings (SSSR count). The van der Waals surface area contributed by atoms with Crippen molar-refractivity contribution in [3.8, 4) is 0 Å². The summed E-state index contributed by atoms with van der Waals surface area (Å²) in [7, 11) is 0. The summed E-state index contributed by atoms with van der Waals surface area (Å²) in [4.78, 5) is 12.0. The van der Waals surface area contributed by atoms with Crippen LogP contribution in [0.1, 0.15) is 18.4 Å². The number of carbonyl (C=O) groups is 1. The molecule has 0 spiro atoms. The van der Waals surface area contributed by atoms with Crippen molar-refractivity contribution in [2.75, 3.05) is 11.9 Å². The first-order chi connectivity index (χ1) is 8.60. The van der Waals surface area contributed by atoms with Gasteiger partial charge in [-0.05, 0) is 66.1 Å². The summed E-state index contributed by atoms with van der Waals surface area (Å²) in [5.74, 6) is -0.0738. The molecule has 0 aliphatic carbocycles. The van der Waals surface area contributed by atoms with Gasteiger partial charge in [0, 0.05) is 15.8 Å². The molecule has 3 N–H and O–H groups in total. The maximum atomic E-state index is 12.0. The molecule has 0 saturated carbocycles. The van der Waals surface area contributed by atoms with E-state index in [0.717, 1.165) is 27.7 Å². The number of aryl methyl sites for hydroxylation is 1. The van der Waals surface area contributed by atoms with Crippen LogP contribution in [0.5, 0.6) is 0 Å². The topological polar surface area (TPSA) is 64.4 Å². The first-order valence-corrected chi connectivity index (χ1v) is 7.10. The number of hydrogen-bond donors (Lipinski definition) is 2. The highest BCUT2D eigenvalue weighted by Crippen LogP contribution is 2.22. The summed E-state index contributed by atoms with van der Waals surface area (Å²) in [6.45, 7) is 2.46. The Labute approximate surface area is 133 Å². The van der Waals surface area contributed by atoms with Crippen molar-refractivity contribution in [1.29, 1.82) is 0 Å². The number of amides is 1. The Hall–Kier alpha value is -0.370. The lowest BCUT2D eigenvalue weighted by Gasteiger charge is -2.14. The van der Waals surface area contributed by atoms with E-state index in [1.165, 1.54) is 0 Å². The lowest BCUT2D eigenvalue weighted by molar-refractivity contribution is -0.126. The molecular weight excluding hydrogens is 379 g/mol. The summed E-state index contributed by atoms with van der Waals surface area (Å²) in [6, 6.07) is 5.93. The van der Waals surface area contributed by atoms with Gasteiger partial charge in [-0.25, -0.2) is 0 Å². The number of hydrogen-bond acceptors (Lipinski definition) is 3. The molecule has 2 atom stereocenters. The molecule has 1 aliphatic rings. The van der Waals surface area contributed by atoms with Gasteiger partial charge in [0.05, 0.1) is 6.10 Å². The van der Waals surface area contributed by atoms with E-state index in [0.29, 0.717) is 6.54 Å². The van der Waals surface area contributed by atoms with E-state index in [2.05, 4.69) is 27.9 Å². The third-order valence-corrected chi connectivity index (χ3v) is 3.78. The number of halogens is 2. The van der Waals surface area contributed by atoms with Gasteiger partial charge in [-0.15, -0.1) is 12.4 Å². The van der Waals surface area contributed by atoms with Crippen LogP contribution in [0.3, 0.4) is 0 Å². The Morgan fingerprint density at radius 1 is 1.53 bits per heavy atom. The zero-order valence-corrected chi connectivity index (χ0v) is 13.7. The van der Waals surface area contributed by atoms with Crippen LogP contribution in [0.4, 0.5) is 5.69 Å². The molecule has 1 amide bonds. The van der Waals surface area contributed by atoms with Gasteiger partial charge >= 0.3 is 0 Å². The minimum Gasteiger partial charge on any atom is -0.364 e. The van der Waals surface area contributed by atoms with E-state index in [4.69, 9.17) is 10.5 Å². The second-order valence-corrected chi connectivity index (χ2v) is 5.75. The summed E-state index contributed by atoms with van der Waals surface area (Å²) < 4.78 is 6.73. The molecule has 1 saturated heterocycles. The monoisotopic (exact) mass is 396 g/mol. The Kier molecular flexibility index (Phi) is 6.52. The van der Waals surface area contributed by atoms with E-state index in [9.17, 15) is 4.79 Å². The van der Waals surface area contributed by atoms with Crippen molar-refractivity contribution in [2.24, 2.45) is 5.73 Å². The predicted octanol–water partition coefficient (Wildman–Crippen LogP) is 2.47. The molecular formula is C13H18ClIN2O2. The van der Waals surface area contributed by atoms with Crippen molar-refractivity contribution in [3.63, 3.8) is 0 Å². The van der Waals surface area contributed by atoms with Crippen LogP contribution in [0.2, 0.25) is 0 Å². The molecule has 4 nitrogen and oxygen atoms in total.